The Kier molecular flexibility index (Phi) is 5.50. The second kappa shape index (κ2) is 7.59. The van der Waals surface area contributed by atoms with E-state index in [0.29, 0.717) is 6.54 Å². The summed E-state index contributed by atoms with van der Waals surface area (Å²) in [5, 5.41) is 0. The van der Waals surface area contributed by atoms with Crippen molar-refractivity contribution in [3.8, 4) is 0 Å². The number of Topliss-reactive ketones (excluding diaryl/α,β-unsaturated/α-hetero) is 1. The molecule has 1 aromatic rings. The molecule has 126 valence electrons. The number of piperazine rings is 1. The number of benzene rings is 1. The number of nitrogens with zero attached hydrogens (tertiary/aromatic N) is 2. The van der Waals surface area contributed by atoms with E-state index in [1.165, 1.54) is 37.7 Å². The molecule has 0 aromatic heterocycles. The monoisotopic (exact) mass is 314 g/mol. The van der Waals surface area contributed by atoms with Crippen LogP contribution in [0, 0.1) is 13.8 Å². The number of hydrogen-bond donors (Lipinski definition) is 0. The average molecular weight is 314 g/mol. The summed E-state index contributed by atoms with van der Waals surface area (Å²) in [5.41, 5.74) is 3.17. The van der Waals surface area contributed by atoms with Gasteiger partial charge in [-0.2, -0.15) is 0 Å². The van der Waals surface area contributed by atoms with Crippen molar-refractivity contribution in [2.24, 2.45) is 0 Å². The first-order chi connectivity index (χ1) is 11.1. The van der Waals surface area contributed by atoms with Crippen LogP contribution in [0.4, 0.5) is 0 Å². The SMILES string of the molecule is Cc1ccc(C)c(C(=O)CN2CCN(C3CCCCC3)CC2)c1. The molecule has 0 N–H and O–H groups in total. The quantitative estimate of drug-likeness (QED) is 0.796. The van der Waals surface area contributed by atoms with E-state index in [9.17, 15) is 4.79 Å². The van der Waals surface area contributed by atoms with Crippen molar-refractivity contribution in [1.82, 2.24) is 9.80 Å². The highest BCUT2D eigenvalue weighted by atomic mass is 16.1. The van der Waals surface area contributed by atoms with Gasteiger partial charge in [0.25, 0.3) is 0 Å². The van der Waals surface area contributed by atoms with Gasteiger partial charge in [-0.25, -0.2) is 0 Å². The molecule has 1 saturated carbocycles. The minimum Gasteiger partial charge on any atom is -0.298 e. The van der Waals surface area contributed by atoms with Crippen molar-refractivity contribution >= 4 is 5.78 Å². The van der Waals surface area contributed by atoms with Crippen LogP contribution in [-0.4, -0.2) is 54.3 Å². The molecule has 23 heavy (non-hydrogen) atoms. The number of aryl methyl sites for hydroxylation is 2. The summed E-state index contributed by atoms with van der Waals surface area (Å²) in [6, 6.07) is 6.98. The number of ketones is 1. The van der Waals surface area contributed by atoms with Crippen LogP contribution in [0.2, 0.25) is 0 Å². The highest BCUT2D eigenvalue weighted by Crippen LogP contribution is 2.23. The molecule has 3 rings (SSSR count). The van der Waals surface area contributed by atoms with Crippen LogP contribution in [0.15, 0.2) is 18.2 Å². The summed E-state index contributed by atoms with van der Waals surface area (Å²) in [7, 11) is 0. The molecule has 2 fully saturated rings. The highest BCUT2D eigenvalue weighted by molar-refractivity contribution is 5.99. The fourth-order valence-corrected chi connectivity index (χ4v) is 4.06. The zero-order chi connectivity index (χ0) is 16.2. The molecule has 0 radical (unpaired) electrons. The highest BCUT2D eigenvalue weighted by Gasteiger charge is 2.26. The molecule has 0 atom stereocenters. The normalized spacial score (nSPS) is 21.5. The predicted molar refractivity (Wildman–Crippen MR) is 95.1 cm³/mol. The lowest BCUT2D eigenvalue weighted by atomic mass is 9.94. The molecular formula is C20H30N2O. The summed E-state index contributed by atoms with van der Waals surface area (Å²) < 4.78 is 0. The van der Waals surface area contributed by atoms with Gasteiger partial charge in [-0.15, -0.1) is 0 Å². The van der Waals surface area contributed by atoms with E-state index in [1.807, 2.05) is 13.0 Å². The molecule has 3 heteroatoms. The van der Waals surface area contributed by atoms with E-state index in [1.54, 1.807) is 0 Å². The smallest absolute Gasteiger partial charge is 0.177 e. The maximum Gasteiger partial charge on any atom is 0.177 e. The predicted octanol–water partition coefficient (Wildman–Crippen LogP) is 3.44. The fraction of sp³-hybridized carbons (Fsp3) is 0.650. The third-order valence-corrected chi connectivity index (χ3v) is 5.56. The van der Waals surface area contributed by atoms with Crippen LogP contribution in [-0.2, 0) is 0 Å². The van der Waals surface area contributed by atoms with Crippen LogP contribution in [0.1, 0.15) is 53.6 Å². The van der Waals surface area contributed by atoms with Gasteiger partial charge < -0.3 is 0 Å². The van der Waals surface area contributed by atoms with Gasteiger partial charge >= 0.3 is 0 Å². The van der Waals surface area contributed by atoms with Gasteiger partial charge in [0.05, 0.1) is 6.54 Å². The van der Waals surface area contributed by atoms with Crippen LogP contribution in [0.25, 0.3) is 0 Å². The van der Waals surface area contributed by atoms with Crippen molar-refractivity contribution in [1.29, 1.82) is 0 Å². The van der Waals surface area contributed by atoms with E-state index in [4.69, 9.17) is 0 Å². The van der Waals surface area contributed by atoms with Crippen molar-refractivity contribution in [3.05, 3.63) is 34.9 Å². The standard InChI is InChI=1S/C20H30N2O/c1-16-8-9-17(2)19(14-16)20(23)15-21-10-12-22(13-11-21)18-6-4-3-5-7-18/h8-9,14,18H,3-7,10-13,15H2,1-2H3. The lowest BCUT2D eigenvalue weighted by Crippen LogP contribution is -2.51. The van der Waals surface area contributed by atoms with Crippen LogP contribution < -0.4 is 0 Å². The zero-order valence-corrected chi connectivity index (χ0v) is 14.7. The molecule has 1 saturated heterocycles. The summed E-state index contributed by atoms with van der Waals surface area (Å²) in [6.07, 6.45) is 6.97. The molecule has 1 aromatic carbocycles. The molecule has 0 unspecified atom stereocenters. The molecule has 0 amide bonds. The van der Waals surface area contributed by atoms with E-state index in [0.717, 1.165) is 43.3 Å². The first-order valence-corrected chi connectivity index (χ1v) is 9.20. The van der Waals surface area contributed by atoms with Crippen LogP contribution >= 0.6 is 0 Å². The third-order valence-electron chi connectivity index (χ3n) is 5.56. The molecule has 0 spiro atoms. The molecule has 0 bridgehead atoms. The fourth-order valence-electron chi connectivity index (χ4n) is 4.06. The summed E-state index contributed by atoms with van der Waals surface area (Å²) in [5.74, 6) is 0.275. The molecule has 3 nitrogen and oxygen atoms in total. The van der Waals surface area contributed by atoms with Gasteiger partial charge in [0, 0.05) is 37.8 Å². The Morgan fingerprint density at radius 3 is 2.43 bits per heavy atom. The first kappa shape index (κ1) is 16.7. The van der Waals surface area contributed by atoms with Crippen LogP contribution in [0.5, 0.6) is 0 Å². The Labute approximate surface area is 140 Å². The second-order valence-electron chi connectivity index (χ2n) is 7.35. The number of carbonyl (C=O) groups is 1. The Morgan fingerprint density at radius 2 is 1.74 bits per heavy atom. The minimum absolute atomic E-state index is 0.275. The maximum atomic E-state index is 12.6. The average Bonchev–Trinajstić information content (AvgIpc) is 2.58. The van der Waals surface area contributed by atoms with E-state index in [-0.39, 0.29) is 5.78 Å². The molecular weight excluding hydrogens is 284 g/mol. The van der Waals surface area contributed by atoms with Crippen molar-refractivity contribution in [2.75, 3.05) is 32.7 Å². The van der Waals surface area contributed by atoms with Crippen molar-refractivity contribution in [3.63, 3.8) is 0 Å². The van der Waals surface area contributed by atoms with Crippen molar-refractivity contribution in [2.45, 2.75) is 52.0 Å². The summed E-state index contributed by atoms with van der Waals surface area (Å²) >= 11 is 0. The molecule has 2 aliphatic rings. The van der Waals surface area contributed by atoms with Gasteiger partial charge in [-0.05, 0) is 38.3 Å². The van der Waals surface area contributed by atoms with Gasteiger partial charge in [0.15, 0.2) is 5.78 Å². The topological polar surface area (TPSA) is 23.6 Å². The lowest BCUT2D eigenvalue weighted by Gasteiger charge is -2.40. The Balaban J connectivity index is 1.52. The first-order valence-electron chi connectivity index (χ1n) is 9.20. The maximum absolute atomic E-state index is 12.6. The van der Waals surface area contributed by atoms with E-state index >= 15 is 0 Å². The third kappa shape index (κ3) is 4.21. The van der Waals surface area contributed by atoms with Gasteiger partial charge in [0.2, 0.25) is 0 Å². The minimum atomic E-state index is 0.275. The van der Waals surface area contributed by atoms with Gasteiger partial charge in [0.1, 0.15) is 0 Å². The Bertz CT molecular complexity index is 541. The number of carbonyl (C=O) groups excluding carboxylic acids is 1. The largest absolute Gasteiger partial charge is 0.298 e. The Morgan fingerprint density at radius 1 is 1.04 bits per heavy atom. The summed E-state index contributed by atoms with van der Waals surface area (Å²) in [6.45, 7) is 8.99. The van der Waals surface area contributed by atoms with Crippen LogP contribution in [0.3, 0.4) is 0 Å². The van der Waals surface area contributed by atoms with Gasteiger partial charge in [-0.1, -0.05) is 37.0 Å². The molecule has 1 heterocycles. The zero-order valence-electron chi connectivity index (χ0n) is 14.7. The number of hydrogen-bond acceptors (Lipinski definition) is 3. The second-order valence-corrected chi connectivity index (χ2v) is 7.35. The lowest BCUT2D eigenvalue weighted by molar-refractivity contribution is 0.0691. The van der Waals surface area contributed by atoms with Gasteiger partial charge in [-0.3, -0.25) is 14.6 Å². The number of rotatable bonds is 4. The Hall–Kier alpha value is -1.19. The summed E-state index contributed by atoms with van der Waals surface area (Å²) in [4.78, 5) is 17.6. The molecule has 1 aliphatic heterocycles. The van der Waals surface area contributed by atoms with Crippen molar-refractivity contribution < 1.29 is 4.79 Å². The van der Waals surface area contributed by atoms with E-state index < -0.39 is 0 Å². The van der Waals surface area contributed by atoms with E-state index in [2.05, 4.69) is 28.9 Å². The molecule has 1 aliphatic carbocycles.